The minimum absolute atomic E-state index is 0.0106. The van der Waals surface area contributed by atoms with E-state index in [-0.39, 0.29) is 18.1 Å². The third-order valence-corrected chi connectivity index (χ3v) is 4.84. The number of benzene rings is 2. The maximum absolute atomic E-state index is 11.1. The zero-order valence-electron chi connectivity index (χ0n) is 16.2. The second-order valence-corrected chi connectivity index (χ2v) is 7.33. The van der Waals surface area contributed by atoms with Crippen LogP contribution in [0.15, 0.2) is 48.5 Å². The lowest BCUT2D eigenvalue weighted by molar-refractivity contribution is -0.119. The molecule has 2 aromatic carbocycles. The fourth-order valence-corrected chi connectivity index (χ4v) is 3.46. The molecule has 4 heteroatoms. The van der Waals surface area contributed by atoms with Crippen molar-refractivity contribution in [2.45, 2.75) is 51.7 Å². The molecule has 1 aliphatic heterocycles. The van der Waals surface area contributed by atoms with E-state index < -0.39 is 0 Å². The fraction of sp³-hybridized carbons (Fsp3) is 0.435. The Balaban J connectivity index is 1.54. The molecule has 0 spiro atoms. The quantitative estimate of drug-likeness (QED) is 0.790. The van der Waals surface area contributed by atoms with Gasteiger partial charge in [0.1, 0.15) is 12.4 Å². The summed E-state index contributed by atoms with van der Waals surface area (Å²) < 4.78 is 11.6. The summed E-state index contributed by atoms with van der Waals surface area (Å²) in [4.78, 5) is 11.1. The Morgan fingerprint density at radius 2 is 1.78 bits per heavy atom. The zero-order chi connectivity index (χ0) is 19.1. The van der Waals surface area contributed by atoms with Crippen LogP contribution in [0.1, 0.15) is 38.7 Å². The van der Waals surface area contributed by atoms with Crippen molar-refractivity contribution in [3.8, 4) is 16.9 Å². The third-order valence-electron chi connectivity index (χ3n) is 4.84. The molecule has 2 atom stereocenters. The summed E-state index contributed by atoms with van der Waals surface area (Å²) in [5.41, 5.74) is 3.55. The molecule has 3 rings (SSSR count). The van der Waals surface area contributed by atoms with E-state index in [0.717, 1.165) is 37.2 Å². The normalized spacial score (nSPS) is 17.9. The van der Waals surface area contributed by atoms with Crippen molar-refractivity contribution in [2.75, 3.05) is 13.2 Å². The Morgan fingerprint density at radius 1 is 1.11 bits per heavy atom. The minimum Gasteiger partial charge on any atom is -0.491 e. The van der Waals surface area contributed by atoms with Crippen LogP contribution < -0.4 is 10.1 Å². The van der Waals surface area contributed by atoms with E-state index >= 15 is 0 Å². The van der Waals surface area contributed by atoms with Gasteiger partial charge in [-0.25, -0.2) is 0 Å². The standard InChI is InChI=1S/C23H29NO3/c1-17(24-18(2)25)15-19-6-8-20(9-7-19)21-10-12-22(13-11-21)27-16-23-5-3-4-14-26-23/h6-13,17,23H,3-5,14-16H2,1-2H3,(H,24,25). The Kier molecular flexibility index (Phi) is 6.88. The van der Waals surface area contributed by atoms with Gasteiger partial charge >= 0.3 is 0 Å². The first-order valence-corrected chi connectivity index (χ1v) is 9.81. The molecule has 27 heavy (non-hydrogen) atoms. The van der Waals surface area contributed by atoms with E-state index in [2.05, 4.69) is 41.7 Å². The van der Waals surface area contributed by atoms with Crippen molar-refractivity contribution in [1.82, 2.24) is 5.32 Å². The summed E-state index contributed by atoms with van der Waals surface area (Å²) in [7, 11) is 0. The topological polar surface area (TPSA) is 47.6 Å². The maximum Gasteiger partial charge on any atom is 0.217 e. The first-order valence-electron chi connectivity index (χ1n) is 9.81. The van der Waals surface area contributed by atoms with Crippen LogP contribution in [-0.2, 0) is 16.0 Å². The highest BCUT2D eigenvalue weighted by molar-refractivity contribution is 5.73. The van der Waals surface area contributed by atoms with Crippen LogP contribution in [0.4, 0.5) is 0 Å². The van der Waals surface area contributed by atoms with Crippen LogP contribution in [0.2, 0.25) is 0 Å². The van der Waals surface area contributed by atoms with Gasteiger partial charge in [0.15, 0.2) is 0 Å². The van der Waals surface area contributed by atoms with Gasteiger partial charge in [0, 0.05) is 19.6 Å². The first-order chi connectivity index (χ1) is 13.1. The molecule has 0 aromatic heterocycles. The van der Waals surface area contributed by atoms with Crippen LogP contribution in [0.25, 0.3) is 11.1 Å². The summed E-state index contributed by atoms with van der Waals surface area (Å²) >= 11 is 0. The van der Waals surface area contributed by atoms with Crippen molar-refractivity contribution in [1.29, 1.82) is 0 Å². The van der Waals surface area contributed by atoms with Gasteiger partial charge in [-0.15, -0.1) is 0 Å². The van der Waals surface area contributed by atoms with Gasteiger partial charge in [0.2, 0.25) is 5.91 Å². The molecule has 0 aliphatic carbocycles. The third kappa shape index (κ3) is 6.10. The number of hydrogen-bond donors (Lipinski definition) is 1. The van der Waals surface area contributed by atoms with Gasteiger partial charge < -0.3 is 14.8 Å². The van der Waals surface area contributed by atoms with E-state index in [1.807, 2.05) is 19.1 Å². The summed E-state index contributed by atoms with van der Waals surface area (Å²) in [5, 5.41) is 2.92. The summed E-state index contributed by atoms with van der Waals surface area (Å²) in [5.74, 6) is 0.894. The molecule has 0 saturated carbocycles. The molecule has 2 unspecified atom stereocenters. The summed E-state index contributed by atoms with van der Waals surface area (Å²) in [6.07, 6.45) is 4.54. The van der Waals surface area contributed by atoms with Gasteiger partial charge in [-0.05, 0) is 61.4 Å². The van der Waals surface area contributed by atoms with E-state index in [1.165, 1.54) is 17.5 Å². The number of hydrogen-bond acceptors (Lipinski definition) is 3. The van der Waals surface area contributed by atoms with Crippen molar-refractivity contribution in [3.63, 3.8) is 0 Å². The second-order valence-electron chi connectivity index (χ2n) is 7.33. The molecule has 1 amide bonds. The van der Waals surface area contributed by atoms with Crippen molar-refractivity contribution in [3.05, 3.63) is 54.1 Å². The molecule has 1 aliphatic rings. The number of rotatable bonds is 7. The fourth-order valence-electron chi connectivity index (χ4n) is 3.46. The molecule has 144 valence electrons. The van der Waals surface area contributed by atoms with E-state index in [0.29, 0.717) is 6.61 Å². The highest BCUT2D eigenvalue weighted by atomic mass is 16.5. The first kappa shape index (κ1) is 19.4. The molecule has 2 aromatic rings. The summed E-state index contributed by atoms with van der Waals surface area (Å²) in [6.45, 7) is 5.05. The van der Waals surface area contributed by atoms with Crippen molar-refractivity contribution < 1.29 is 14.3 Å². The predicted molar refractivity (Wildman–Crippen MR) is 108 cm³/mol. The molecule has 0 bridgehead atoms. The van der Waals surface area contributed by atoms with Crippen LogP contribution in [0.3, 0.4) is 0 Å². The Labute approximate surface area is 161 Å². The molecule has 1 saturated heterocycles. The van der Waals surface area contributed by atoms with Crippen molar-refractivity contribution >= 4 is 5.91 Å². The van der Waals surface area contributed by atoms with Crippen LogP contribution in [0, 0.1) is 0 Å². The van der Waals surface area contributed by atoms with Gasteiger partial charge in [-0.2, -0.15) is 0 Å². The smallest absolute Gasteiger partial charge is 0.217 e. The molecule has 1 fully saturated rings. The second kappa shape index (κ2) is 9.56. The van der Waals surface area contributed by atoms with Gasteiger partial charge in [0.25, 0.3) is 0 Å². The number of carbonyl (C=O) groups excluding carboxylic acids is 1. The van der Waals surface area contributed by atoms with Crippen LogP contribution in [-0.4, -0.2) is 31.3 Å². The Morgan fingerprint density at radius 3 is 2.37 bits per heavy atom. The highest BCUT2D eigenvalue weighted by Gasteiger charge is 2.14. The predicted octanol–water partition coefficient (Wildman–Crippen LogP) is 4.37. The Hall–Kier alpha value is -2.33. The maximum atomic E-state index is 11.1. The van der Waals surface area contributed by atoms with Crippen LogP contribution >= 0.6 is 0 Å². The van der Waals surface area contributed by atoms with E-state index in [9.17, 15) is 4.79 Å². The lowest BCUT2D eigenvalue weighted by Crippen LogP contribution is -2.31. The lowest BCUT2D eigenvalue weighted by Gasteiger charge is -2.22. The van der Waals surface area contributed by atoms with Crippen molar-refractivity contribution in [2.24, 2.45) is 0 Å². The molecule has 1 N–H and O–H groups in total. The number of nitrogens with one attached hydrogen (secondary N) is 1. The monoisotopic (exact) mass is 367 g/mol. The number of ether oxygens (including phenoxy) is 2. The highest BCUT2D eigenvalue weighted by Crippen LogP contribution is 2.24. The zero-order valence-corrected chi connectivity index (χ0v) is 16.2. The van der Waals surface area contributed by atoms with Gasteiger partial charge in [0.05, 0.1) is 6.10 Å². The minimum atomic E-state index is 0.0106. The SMILES string of the molecule is CC(=O)NC(C)Cc1ccc(-c2ccc(OCC3CCCCO3)cc2)cc1. The summed E-state index contributed by atoms with van der Waals surface area (Å²) in [6, 6.07) is 16.9. The Bertz CT molecular complexity index is 718. The molecule has 0 radical (unpaired) electrons. The molecule has 4 nitrogen and oxygen atoms in total. The van der Waals surface area contributed by atoms with E-state index in [4.69, 9.17) is 9.47 Å². The number of amides is 1. The van der Waals surface area contributed by atoms with E-state index in [1.54, 1.807) is 6.92 Å². The number of carbonyl (C=O) groups is 1. The largest absolute Gasteiger partial charge is 0.491 e. The molecular formula is C23H29NO3. The van der Waals surface area contributed by atoms with Gasteiger partial charge in [-0.3, -0.25) is 4.79 Å². The lowest BCUT2D eigenvalue weighted by atomic mass is 10.0. The molecule has 1 heterocycles. The van der Waals surface area contributed by atoms with Crippen LogP contribution in [0.5, 0.6) is 5.75 Å². The average molecular weight is 367 g/mol. The molecular weight excluding hydrogens is 338 g/mol. The average Bonchev–Trinajstić information content (AvgIpc) is 2.68. The van der Waals surface area contributed by atoms with Gasteiger partial charge in [-0.1, -0.05) is 36.4 Å².